The van der Waals surface area contributed by atoms with E-state index in [1.165, 1.54) is 6.07 Å². The molecule has 0 radical (unpaired) electrons. The second kappa shape index (κ2) is 7.43. The van der Waals surface area contributed by atoms with Crippen molar-refractivity contribution in [2.45, 2.75) is 38.8 Å². The Balaban J connectivity index is 2.05. The highest BCUT2D eigenvalue weighted by Crippen LogP contribution is 2.30. The Morgan fingerprint density at radius 2 is 2.08 bits per heavy atom. The summed E-state index contributed by atoms with van der Waals surface area (Å²) in [4.78, 5) is 22.8. The van der Waals surface area contributed by atoms with E-state index >= 15 is 0 Å². The quantitative estimate of drug-likeness (QED) is 0.482. The van der Waals surface area contributed by atoms with Gasteiger partial charge in [0.1, 0.15) is 5.69 Å². The molecule has 8 nitrogen and oxygen atoms in total. The van der Waals surface area contributed by atoms with Crippen LogP contribution in [0.5, 0.6) is 0 Å². The average Bonchev–Trinajstić information content (AvgIpc) is 2.96. The molecule has 128 valence electrons. The molecule has 1 N–H and O–H groups in total. The number of amides is 1. The first kappa shape index (κ1) is 17.9. The minimum absolute atomic E-state index is 0.0181. The van der Waals surface area contributed by atoms with Crippen molar-refractivity contribution < 1.29 is 14.1 Å². The van der Waals surface area contributed by atoms with Gasteiger partial charge >= 0.3 is 0 Å². The van der Waals surface area contributed by atoms with Gasteiger partial charge in [-0.15, -0.1) is 10.2 Å². The maximum Gasteiger partial charge on any atom is 0.293 e. The molecule has 2 rings (SSSR count). The smallest absolute Gasteiger partial charge is 0.293 e. The molecule has 0 saturated heterocycles. The number of hydrogen-bond acceptors (Lipinski definition) is 7. The number of nitrogens with one attached hydrogen (secondary N) is 1. The summed E-state index contributed by atoms with van der Waals surface area (Å²) < 4.78 is 5.40. The summed E-state index contributed by atoms with van der Waals surface area (Å²) in [6.45, 7) is 7.33. The number of aromatic nitrogens is 2. The summed E-state index contributed by atoms with van der Waals surface area (Å²) in [5.41, 5.74) is 1.49. The van der Waals surface area contributed by atoms with E-state index in [1.807, 2.05) is 13.8 Å². The lowest BCUT2D eigenvalue weighted by Gasteiger charge is -2.09. The lowest BCUT2D eigenvalue weighted by Crippen LogP contribution is -2.16. The van der Waals surface area contributed by atoms with E-state index in [9.17, 15) is 14.9 Å². The molecule has 1 heterocycles. The second-order valence-corrected chi connectivity index (χ2v) is 6.56. The topological polar surface area (TPSA) is 111 Å². The number of benzene rings is 1. The zero-order chi connectivity index (χ0) is 17.9. The maximum atomic E-state index is 12.1. The summed E-state index contributed by atoms with van der Waals surface area (Å²) in [6.07, 6.45) is 0. The molecule has 24 heavy (non-hydrogen) atoms. The third-order valence-corrected chi connectivity index (χ3v) is 3.98. The van der Waals surface area contributed by atoms with Crippen molar-refractivity contribution in [1.29, 1.82) is 0 Å². The molecule has 0 atom stereocenters. The molecule has 1 amide bonds. The number of hydrogen-bond donors (Lipinski definition) is 1. The minimum Gasteiger partial charge on any atom is -0.416 e. The fourth-order valence-corrected chi connectivity index (χ4v) is 2.64. The van der Waals surface area contributed by atoms with E-state index in [2.05, 4.69) is 15.5 Å². The number of nitro benzene ring substituents is 1. The van der Waals surface area contributed by atoms with E-state index in [0.29, 0.717) is 16.7 Å². The van der Waals surface area contributed by atoms with Crippen LogP contribution in [0.25, 0.3) is 0 Å². The third kappa shape index (κ3) is 4.31. The Bertz CT molecular complexity index is 773. The Hall–Kier alpha value is -2.42. The molecule has 0 aliphatic heterocycles. The molecule has 2 aromatic rings. The molecule has 0 unspecified atom stereocenters. The van der Waals surface area contributed by atoms with Gasteiger partial charge in [0.25, 0.3) is 10.9 Å². The summed E-state index contributed by atoms with van der Waals surface area (Å²) >= 11 is 1.09. The number of nitro groups is 1. The number of anilines is 1. The van der Waals surface area contributed by atoms with Crippen molar-refractivity contribution >= 4 is 29.0 Å². The van der Waals surface area contributed by atoms with Gasteiger partial charge in [0, 0.05) is 12.0 Å². The monoisotopic (exact) mass is 350 g/mol. The van der Waals surface area contributed by atoms with Crippen molar-refractivity contribution in [3.8, 4) is 0 Å². The average molecular weight is 350 g/mol. The highest BCUT2D eigenvalue weighted by Gasteiger charge is 2.19. The summed E-state index contributed by atoms with van der Waals surface area (Å²) in [6, 6.07) is 3.21. The number of rotatable bonds is 6. The SMILES string of the molecule is Cc1cc(C)c(NC(=O)CSc2nnc(C(C)C)o2)c([N+](=O)[O-])c1. The Morgan fingerprint density at radius 1 is 1.38 bits per heavy atom. The van der Waals surface area contributed by atoms with Crippen molar-refractivity contribution in [3.05, 3.63) is 39.3 Å². The molecule has 1 aromatic carbocycles. The molecule has 0 aliphatic carbocycles. The van der Waals surface area contributed by atoms with Crippen LogP contribution in [0, 0.1) is 24.0 Å². The largest absolute Gasteiger partial charge is 0.416 e. The lowest BCUT2D eigenvalue weighted by molar-refractivity contribution is -0.384. The molecule has 0 bridgehead atoms. The second-order valence-electron chi connectivity index (χ2n) is 5.63. The predicted octanol–water partition coefficient (Wildman–Crippen LogP) is 3.45. The molecule has 0 saturated carbocycles. The first-order valence-corrected chi connectivity index (χ1v) is 8.28. The number of aryl methyl sites for hydroxylation is 2. The van der Waals surface area contributed by atoms with Crippen LogP contribution in [0.15, 0.2) is 21.8 Å². The van der Waals surface area contributed by atoms with Crippen molar-refractivity contribution in [2.24, 2.45) is 0 Å². The number of thioether (sulfide) groups is 1. The van der Waals surface area contributed by atoms with Gasteiger partial charge < -0.3 is 9.73 Å². The maximum absolute atomic E-state index is 12.1. The van der Waals surface area contributed by atoms with Crippen LogP contribution in [0.2, 0.25) is 0 Å². The van der Waals surface area contributed by atoms with E-state index in [-0.39, 0.29) is 29.0 Å². The normalized spacial score (nSPS) is 10.9. The van der Waals surface area contributed by atoms with E-state index in [0.717, 1.165) is 17.3 Å². The van der Waals surface area contributed by atoms with Crippen LogP contribution in [-0.2, 0) is 4.79 Å². The van der Waals surface area contributed by atoms with Crippen LogP contribution >= 0.6 is 11.8 Å². The van der Waals surface area contributed by atoms with E-state index in [4.69, 9.17) is 4.42 Å². The molecule has 0 spiro atoms. The van der Waals surface area contributed by atoms with Gasteiger partial charge in [0.05, 0.1) is 10.7 Å². The predicted molar refractivity (Wildman–Crippen MR) is 90.3 cm³/mol. The highest BCUT2D eigenvalue weighted by atomic mass is 32.2. The van der Waals surface area contributed by atoms with Crippen molar-refractivity contribution in [2.75, 3.05) is 11.1 Å². The molecular formula is C15H18N4O4S. The van der Waals surface area contributed by atoms with Crippen molar-refractivity contribution in [1.82, 2.24) is 10.2 Å². The van der Waals surface area contributed by atoms with Gasteiger partial charge in [0.2, 0.25) is 11.8 Å². The molecule has 0 fully saturated rings. The summed E-state index contributed by atoms with van der Waals surface area (Å²) in [5.74, 6) is 0.255. The molecule has 0 aliphatic rings. The standard InChI is InChI=1S/C15H18N4O4S/c1-8(2)14-17-18-15(23-14)24-7-12(20)16-13-10(4)5-9(3)6-11(13)19(21)22/h5-6,8H,7H2,1-4H3,(H,16,20). The van der Waals surface area contributed by atoms with Crippen molar-refractivity contribution in [3.63, 3.8) is 0 Å². The fraction of sp³-hybridized carbons (Fsp3) is 0.400. The molecule has 9 heteroatoms. The number of carbonyl (C=O) groups is 1. The highest BCUT2D eigenvalue weighted by molar-refractivity contribution is 7.99. The van der Waals surface area contributed by atoms with Gasteiger partial charge in [-0.1, -0.05) is 31.7 Å². The van der Waals surface area contributed by atoms with Gasteiger partial charge in [-0.25, -0.2) is 0 Å². The van der Waals surface area contributed by atoms with Crippen LogP contribution in [-0.4, -0.2) is 26.8 Å². The van der Waals surface area contributed by atoms with Gasteiger partial charge in [-0.2, -0.15) is 0 Å². The summed E-state index contributed by atoms with van der Waals surface area (Å²) in [5, 5.41) is 21.8. The van der Waals surface area contributed by atoms with E-state index in [1.54, 1.807) is 19.9 Å². The van der Waals surface area contributed by atoms with Gasteiger partial charge in [-0.3, -0.25) is 14.9 Å². The Labute approximate surface area is 143 Å². The Kier molecular flexibility index (Phi) is 5.55. The van der Waals surface area contributed by atoms with E-state index < -0.39 is 4.92 Å². The minimum atomic E-state index is -0.504. The van der Waals surface area contributed by atoms with Gasteiger partial charge in [-0.05, 0) is 25.0 Å². The third-order valence-electron chi connectivity index (χ3n) is 3.16. The zero-order valence-corrected chi connectivity index (χ0v) is 14.6. The Morgan fingerprint density at radius 3 is 2.67 bits per heavy atom. The van der Waals surface area contributed by atoms with Gasteiger partial charge in [0.15, 0.2) is 0 Å². The number of nitrogens with zero attached hydrogens (tertiary/aromatic N) is 3. The molecular weight excluding hydrogens is 332 g/mol. The molecule has 1 aromatic heterocycles. The van der Waals surface area contributed by atoms with Crippen LogP contribution in [0.3, 0.4) is 0 Å². The first-order valence-electron chi connectivity index (χ1n) is 7.29. The first-order chi connectivity index (χ1) is 11.3. The zero-order valence-electron chi connectivity index (χ0n) is 13.8. The van der Waals surface area contributed by atoms with Crippen LogP contribution < -0.4 is 5.32 Å². The van der Waals surface area contributed by atoms with Crippen LogP contribution in [0.1, 0.15) is 36.8 Å². The van der Waals surface area contributed by atoms with Crippen LogP contribution in [0.4, 0.5) is 11.4 Å². The number of carbonyl (C=O) groups excluding carboxylic acids is 1. The fourth-order valence-electron chi connectivity index (χ4n) is 2.07. The summed E-state index contributed by atoms with van der Waals surface area (Å²) in [7, 11) is 0. The lowest BCUT2D eigenvalue weighted by atomic mass is 10.1.